The summed E-state index contributed by atoms with van der Waals surface area (Å²) in [6, 6.07) is -0.735. The molecule has 0 saturated heterocycles. The third-order valence-corrected chi connectivity index (χ3v) is 4.47. The number of nitrogens with one attached hydrogen (secondary N) is 1. The second-order valence-electron chi connectivity index (χ2n) is 6.95. The molecule has 0 heterocycles. The number of aliphatic hydroxyl groups excluding tert-OH is 1. The Bertz CT molecular complexity index is 502. The fraction of sp³-hybridized carbons (Fsp3) is 0.778. The summed E-state index contributed by atoms with van der Waals surface area (Å²) < 4.78 is 4.96. The van der Waals surface area contributed by atoms with Crippen molar-refractivity contribution >= 4 is 23.4 Å². The molecular weight excluding hydrogens is 326 g/mol. The molecule has 0 aromatic carbocycles. The molecule has 0 spiro atoms. The van der Waals surface area contributed by atoms with Crippen LogP contribution in [0.5, 0.6) is 0 Å². The molecular formula is C18H29NO6. The third-order valence-electron chi connectivity index (χ3n) is 4.47. The van der Waals surface area contributed by atoms with Crippen molar-refractivity contribution in [3.63, 3.8) is 0 Å². The SMILES string of the molecule is CCOC(=O)C(NC(=O)CC(CO)CC1CCC(=O)CC1=O)C(C)C. The minimum Gasteiger partial charge on any atom is -0.464 e. The number of esters is 1. The third kappa shape index (κ3) is 6.94. The summed E-state index contributed by atoms with van der Waals surface area (Å²) in [5, 5.41) is 12.2. The molecule has 7 nitrogen and oxygen atoms in total. The van der Waals surface area contributed by atoms with Crippen LogP contribution in [0.15, 0.2) is 0 Å². The van der Waals surface area contributed by atoms with E-state index in [2.05, 4.69) is 5.32 Å². The number of hydrogen-bond acceptors (Lipinski definition) is 6. The summed E-state index contributed by atoms with van der Waals surface area (Å²) in [5.74, 6) is -1.78. The Labute approximate surface area is 148 Å². The van der Waals surface area contributed by atoms with Gasteiger partial charge in [0.05, 0.1) is 13.0 Å². The Hall–Kier alpha value is -1.76. The molecule has 2 N–H and O–H groups in total. The van der Waals surface area contributed by atoms with Gasteiger partial charge in [-0.25, -0.2) is 4.79 Å². The predicted molar refractivity (Wildman–Crippen MR) is 90.6 cm³/mol. The minimum atomic E-state index is -0.735. The van der Waals surface area contributed by atoms with Crippen LogP contribution in [0.3, 0.4) is 0 Å². The molecule has 1 amide bonds. The zero-order valence-corrected chi connectivity index (χ0v) is 15.2. The molecule has 25 heavy (non-hydrogen) atoms. The molecule has 1 fully saturated rings. The van der Waals surface area contributed by atoms with E-state index >= 15 is 0 Å². The summed E-state index contributed by atoms with van der Waals surface area (Å²) >= 11 is 0. The zero-order chi connectivity index (χ0) is 19.0. The number of Topliss-reactive ketones (excluding diaryl/α,β-unsaturated/α-hetero) is 2. The number of aliphatic hydroxyl groups is 1. The Kier molecular flexibility index (Phi) is 8.75. The van der Waals surface area contributed by atoms with E-state index in [9.17, 15) is 24.3 Å². The molecule has 0 aromatic rings. The number of ketones is 2. The smallest absolute Gasteiger partial charge is 0.328 e. The van der Waals surface area contributed by atoms with Gasteiger partial charge in [0.15, 0.2) is 0 Å². The molecule has 1 rings (SSSR count). The first-order chi connectivity index (χ1) is 11.8. The molecule has 142 valence electrons. The number of rotatable bonds is 9. The van der Waals surface area contributed by atoms with E-state index in [1.165, 1.54) is 0 Å². The van der Waals surface area contributed by atoms with Gasteiger partial charge in [-0.2, -0.15) is 0 Å². The van der Waals surface area contributed by atoms with Crippen molar-refractivity contribution in [2.24, 2.45) is 17.8 Å². The summed E-state index contributed by atoms with van der Waals surface area (Å²) in [6.45, 7) is 5.33. The van der Waals surface area contributed by atoms with Gasteiger partial charge in [0, 0.05) is 25.4 Å². The highest BCUT2D eigenvalue weighted by atomic mass is 16.5. The minimum absolute atomic E-state index is 0.0247. The van der Waals surface area contributed by atoms with Crippen molar-refractivity contribution in [1.82, 2.24) is 5.32 Å². The van der Waals surface area contributed by atoms with E-state index in [1.807, 2.05) is 13.8 Å². The van der Waals surface area contributed by atoms with Gasteiger partial charge in [-0.05, 0) is 31.6 Å². The molecule has 0 aliphatic heterocycles. The number of ether oxygens (including phenoxy) is 1. The van der Waals surface area contributed by atoms with Crippen LogP contribution in [0.25, 0.3) is 0 Å². The Morgan fingerprint density at radius 2 is 2.00 bits per heavy atom. The molecule has 7 heteroatoms. The quantitative estimate of drug-likeness (QED) is 0.472. The molecule has 0 radical (unpaired) electrons. The van der Waals surface area contributed by atoms with Crippen LogP contribution in [0.4, 0.5) is 0 Å². The maximum atomic E-state index is 12.2. The average Bonchev–Trinajstić information content (AvgIpc) is 2.54. The first-order valence-electron chi connectivity index (χ1n) is 8.89. The lowest BCUT2D eigenvalue weighted by molar-refractivity contribution is -0.148. The second kappa shape index (κ2) is 10.3. The van der Waals surface area contributed by atoms with E-state index in [0.717, 1.165) is 0 Å². The van der Waals surface area contributed by atoms with Crippen molar-refractivity contribution in [2.45, 2.75) is 58.9 Å². The second-order valence-corrected chi connectivity index (χ2v) is 6.95. The molecule has 1 saturated carbocycles. The lowest BCUT2D eigenvalue weighted by atomic mass is 9.80. The lowest BCUT2D eigenvalue weighted by Crippen LogP contribution is -2.46. The topological polar surface area (TPSA) is 110 Å². The van der Waals surface area contributed by atoms with Gasteiger partial charge in [-0.3, -0.25) is 14.4 Å². The van der Waals surface area contributed by atoms with Crippen LogP contribution in [-0.2, 0) is 23.9 Å². The van der Waals surface area contributed by atoms with Crippen molar-refractivity contribution < 1.29 is 29.0 Å². The van der Waals surface area contributed by atoms with Crippen molar-refractivity contribution in [2.75, 3.05) is 13.2 Å². The van der Waals surface area contributed by atoms with Crippen LogP contribution >= 0.6 is 0 Å². The molecule has 0 bridgehead atoms. The Morgan fingerprint density at radius 1 is 1.32 bits per heavy atom. The van der Waals surface area contributed by atoms with Gasteiger partial charge in [-0.1, -0.05) is 13.8 Å². The van der Waals surface area contributed by atoms with Gasteiger partial charge in [0.25, 0.3) is 0 Å². The van der Waals surface area contributed by atoms with Crippen LogP contribution in [-0.4, -0.2) is 47.8 Å². The number of hydrogen-bond donors (Lipinski definition) is 2. The fourth-order valence-electron chi connectivity index (χ4n) is 3.02. The maximum Gasteiger partial charge on any atom is 0.328 e. The van der Waals surface area contributed by atoms with E-state index in [4.69, 9.17) is 4.74 Å². The van der Waals surface area contributed by atoms with Crippen molar-refractivity contribution in [3.8, 4) is 0 Å². The lowest BCUT2D eigenvalue weighted by Gasteiger charge is -2.25. The standard InChI is InChI=1S/C18H29NO6/c1-4-25-18(24)17(11(2)3)19-16(23)8-12(10-20)7-13-5-6-14(21)9-15(13)22/h11-13,17,20H,4-10H2,1-3H3,(H,19,23). The molecule has 3 unspecified atom stereocenters. The fourth-order valence-corrected chi connectivity index (χ4v) is 3.02. The predicted octanol–water partition coefficient (Wildman–Crippen LogP) is 1.02. The number of carbonyl (C=O) groups is 4. The summed E-state index contributed by atoms with van der Waals surface area (Å²) in [6.07, 6.45) is 1.21. The van der Waals surface area contributed by atoms with Crippen LogP contribution < -0.4 is 5.32 Å². The maximum absolute atomic E-state index is 12.2. The van der Waals surface area contributed by atoms with Gasteiger partial charge < -0.3 is 15.2 Å². The zero-order valence-electron chi connectivity index (χ0n) is 15.2. The highest BCUT2D eigenvalue weighted by molar-refractivity contribution is 6.02. The summed E-state index contributed by atoms with van der Waals surface area (Å²) in [7, 11) is 0. The number of amides is 1. The molecule has 3 atom stereocenters. The first kappa shape index (κ1) is 21.3. The van der Waals surface area contributed by atoms with Gasteiger partial charge in [0.1, 0.15) is 17.6 Å². The normalized spacial score (nSPS) is 20.3. The van der Waals surface area contributed by atoms with Crippen LogP contribution in [0.1, 0.15) is 52.9 Å². The largest absolute Gasteiger partial charge is 0.464 e. The van der Waals surface area contributed by atoms with Crippen LogP contribution in [0, 0.1) is 17.8 Å². The summed E-state index contributed by atoms with van der Waals surface area (Å²) in [4.78, 5) is 47.3. The highest BCUT2D eigenvalue weighted by Gasteiger charge is 2.31. The molecule has 1 aliphatic rings. The van der Waals surface area contributed by atoms with Gasteiger partial charge in [-0.15, -0.1) is 0 Å². The molecule has 1 aliphatic carbocycles. The van der Waals surface area contributed by atoms with E-state index in [0.29, 0.717) is 19.3 Å². The Morgan fingerprint density at radius 3 is 2.52 bits per heavy atom. The van der Waals surface area contributed by atoms with E-state index in [-0.39, 0.29) is 61.3 Å². The first-order valence-corrected chi connectivity index (χ1v) is 8.89. The van der Waals surface area contributed by atoms with Crippen molar-refractivity contribution in [1.29, 1.82) is 0 Å². The van der Waals surface area contributed by atoms with Crippen molar-refractivity contribution in [3.05, 3.63) is 0 Å². The monoisotopic (exact) mass is 355 g/mol. The van der Waals surface area contributed by atoms with Gasteiger partial charge >= 0.3 is 5.97 Å². The average molecular weight is 355 g/mol. The van der Waals surface area contributed by atoms with E-state index in [1.54, 1.807) is 6.92 Å². The number of carbonyl (C=O) groups excluding carboxylic acids is 4. The van der Waals surface area contributed by atoms with E-state index < -0.39 is 12.0 Å². The van der Waals surface area contributed by atoms with Crippen LogP contribution in [0.2, 0.25) is 0 Å². The molecule has 0 aromatic heterocycles. The highest BCUT2D eigenvalue weighted by Crippen LogP contribution is 2.26. The van der Waals surface area contributed by atoms with Gasteiger partial charge in [0.2, 0.25) is 5.91 Å². The Balaban J connectivity index is 2.58. The summed E-state index contributed by atoms with van der Waals surface area (Å²) in [5.41, 5.74) is 0.